The van der Waals surface area contributed by atoms with E-state index in [1.807, 2.05) is 51.1 Å². The van der Waals surface area contributed by atoms with Crippen molar-refractivity contribution in [3.63, 3.8) is 0 Å². The molecule has 0 unspecified atom stereocenters. The van der Waals surface area contributed by atoms with Crippen molar-refractivity contribution < 1.29 is 33.0 Å². The van der Waals surface area contributed by atoms with E-state index in [0.717, 1.165) is 53.1 Å². The van der Waals surface area contributed by atoms with E-state index >= 15 is 0 Å². The van der Waals surface area contributed by atoms with Crippen LogP contribution >= 0.6 is 11.3 Å². The summed E-state index contributed by atoms with van der Waals surface area (Å²) < 4.78 is 31.7. The van der Waals surface area contributed by atoms with Gasteiger partial charge in [0.25, 0.3) is 5.91 Å². The zero-order valence-corrected chi connectivity index (χ0v) is 25.0. The molecule has 234 valence electrons. The maximum absolute atomic E-state index is 12.6. The molecule has 0 bridgehead atoms. The maximum Gasteiger partial charge on any atom is 0.490 e. The molecule has 0 saturated heterocycles. The van der Waals surface area contributed by atoms with Gasteiger partial charge >= 0.3 is 12.1 Å². The third-order valence-corrected chi connectivity index (χ3v) is 7.20. The highest BCUT2D eigenvalue weighted by Gasteiger charge is 2.38. The number of thiazole rings is 1. The molecule has 4 heterocycles. The van der Waals surface area contributed by atoms with Crippen LogP contribution in [0.25, 0.3) is 21.6 Å². The molecule has 44 heavy (non-hydrogen) atoms. The molecule has 11 nitrogen and oxygen atoms in total. The number of nitrogens with one attached hydrogen (secondary N) is 3. The van der Waals surface area contributed by atoms with Gasteiger partial charge in [0.05, 0.1) is 17.4 Å². The molecule has 5 N–H and O–H groups in total. The molecule has 15 heteroatoms. The van der Waals surface area contributed by atoms with Crippen molar-refractivity contribution in [3.05, 3.63) is 54.4 Å². The van der Waals surface area contributed by atoms with Crippen LogP contribution in [-0.2, 0) is 4.79 Å². The summed E-state index contributed by atoms with van der Waals surface area (Å²) in [5.41, 5.74) is 2.43. The van der Waals surface area contributed by atoms with E-state index in [1.54, 1.807) is 18.5 Å². The quantitative estimate of drug-likeness (QED) is 0.177. The summed E-state index contributed by atoms with van der Waals surface area (Å²) in [7, 11) is 0. The number of aliphatic carboxylic acids is 1. The SMILES string of the molecule is CC(C)(C)NC(=O)c1cncc(-c2ccc3nc(Nc4cccc(NC5CCC(O)CC5)n4)sc3n2)c1.O=C(O)C(F)(F)F. The van der Waals surface area contributed by atoms with Crippen LogP contribution in [0, 0.1) is 0 Å². The topological polar surface area (TPSA) is 162 Å². The minimum absolute atomic E-state index is 0.169. The number of pyridine rings is 3. The molecule has 4 aromatic heterocycles. The molecule has 0 aliphatic heterocycles. The molecule has 0 radical (unpaired) electrons. The van der Waals surface area contributed by atoms with Crippen LogP contribution in [-0.4, -0.2) is 65.9 Å². The molecule has 1 amide bonds. The summed E-state index contributed by atoms with van der Waals surface area (Å²) in [4.78, 5) is 40.6. The molecular weight excluding hydrogens is 599 g/mol. The molecule has 4 aromatic rings. The van der Waals surface area contributed by atoms with Crippen LogP contribution in [0.4, 0.5) is 29.9 Å². The molecule has 1 aliphatic carbocycles. The fourth-order valence-corrected chi connectivity index (χ4v) is 5.12. The number of hydrogen-bond acceptors (Lipinski definition) is 10. The number of nitrogens with zero attached hydrogens (tertiary/aromatic N) is 4. The van der Waals surface area contributed by atoms with Crippen LogP contribution in [0.2, 0.25) is 0 Å². The minimum Gasteiger partial charge on any atom is -0.475 e. The Morgan fingerprint density at radius 2 is 1.64 bits per heavy atom. The van der Waals surface area contributed by atoms with E-state index in [-0.39, 0.29) is 17.6 Å². The normalized spacial score (nSPS) is 16.9. The van der Waals surface area contributed by atoms with Crippen LogP contribution in [0.5, 0.6) is 0 Å². The zero-order chi connectivity index (χ0) is 32.1. The Morgan fingerprint density at radius 3 is 2.30 bits per heavy atom. The average molecular weight is 632 g/mol. The van der Waals surface area contributed by atoms with Crippen molar-refractivity contribution in [2.75, 3.05) is 10.6 Å². The van der Waals surface area contributed by atoms with Gasteiger partial charge in [0, 0.05) is 29.5 Å². The second kappa shape index (κ2) is 13.5. The van der Waals surface area contributed by atoms with E-state index in [2.05, 4.69) is 30.9 Å². The number of carboxylic acid groups (broad SMARTS) is 1. The molecule has 0 atom stereocenters. The highest BCUT2D eigenvalue weighted by Crippen LogP contribution is 2.30. The first kappa shape index (κ1) is 32.5. The second-order valence-electron chi connectivity index (χ2n) is 11.2. The van der Waals surface area contributed by atoms with Crippen molar-refractivity contribution in [2.45, 2.75) is 70.3 Å². The van der Waals surface area contributed by atoms with Crippen molar-refractivity contribution in [1.82, 2.24) is 25.3 Å². The van der Waals surface area contributed by atoms with E-state index in [9.17, 15) is 23.1 Å². The Labute approximate surface area is 255 Å². The van der Waals surface area contributed by atoms with Gasteiger partial charge in [-0.05, 0) is 76.8 Å². The number of carboxylic acids is 1. The summed E-state index contributed by atoms with van der Waals surface area (Å²) in [6.45, 7) is 5.83. The Kier molecular flexibility index (Phi) is 9.99. The van der Waals surface area contributed by atoms with Gasteiger partial charge < -0.3 is 26.2 Å². The number of carbonyl (C=O) groups is 2. The highest BCUT2D eigenvalue weighted by molar-refractivity contribution is 7.21. The first-order valence-corrected chi connectivity index (χ1v) is 14.5. The van der Waals surface area contributed by atoms with Gasteiger partial charge in [0.2, 0.25) is 0 Å². The van der Waals surface area contributed by atoms with Crippen molar-refractivity contribution in [3.8, 4) is 11.3 Å². The molecule has 1 fully saturated rings. The van der Waals surface area contributed by atoms with Gasteiger partial charge in [-0.25, -0.2) is 19.7 Å². The number of aromatic nitrogens is 4. The van der Waals surface area contributed by atoms with Crippen molar-refractivity contribution in [2.24, 2.45) is 0 Å². The van der Waals surface area contributed by atoms with Gasteiger partial charge in [-0.3, -0.25) is 9.78 Å². The van der Waals surface area contributed by atoms with E-state index in [4.69, 9.17) is 14.9 Å². The lowest BCUT2D eigenvalue weighted by Gasteiger charge is -2.26. The number of halogens is 3. The Bertz CT molecular complexity index is 1620. The van der Waals surface area contributed by atoms with Crippen LogP contribution in [0.15, 0.2) is 48.8 Å². The number of fused-ring (bicyclic) bond motifs is 1. The predicted octanol–water partition coefficient (Wildman–Crippen LogP) is 5.77. The molecule has 1 aliphatic rings. The third-order valence-electron chi connectivity index (χ3n) is 6.32. The highest BCUT2D eigenvalue weighted by atomic mass is 32.1. The lowest BCUT2D eigenvalue weighted by Crippen LogP contribution is -2.40. The fourth-order valence-electron chi connectivity index (χ4n) is 4.27. The summed E-state index contributed by atoms with van der Waals surface area (Å²) in [6.07, 6.45) is 1.52. The van der Waals surface area contributed by atoms with E-state index < -0.39 is 12.1 Å². The molecule has 1 saturated carbocycles. The largest absolute Gasteiger partial charge is 0.490 e. The number of aliphatic hydroxyl groups excluding tert-OH is 1. The zero-order valence-electron chi connectivity index (χ0n) is 24.1. The summed E-state index contributed by atoms with van der Waals surface area (Å²) in [5.74, 6) is -1.43. The molecular formula is C29H32F3N7O4S. The first-order chi connectivity index (χ1) is 20.7. The second-order valence-corrected chi connectivity index (χ2v) is 12.2. The standard InChI is InChI=1S/C27H31N7O2S.C2HF3O2/c1-27(2,3)34-24(36)17-13-16(14-28-15-17)20-11-12-21-25(30-20)37-26(31-21)33-23-6-4-5-22(32-23)29-18-7-9-19(35)10-8-18;3-2(4,5)1(6)7/h4-6,11-15,18-19,35H,7-10H2,1-3H3,(H,34,36)(H2,29,31,32,33);(H,6,7). The van der Waals surface area contributed by atoms with Gasteiger partial charge in [-0.2, -0.15) is 13.2 Å². The Morgan fingerprint density at radius 1 is 0.955 bits per heavy atom. The smallest absolute Gasteiger partial charge is 0.475 e. The third kappa shape index (κ3) is 9.31. The molecule has 5 rings (SSSR count). The van der Waals surface area contributed by atoms with Gasteiger partial charge in [0.15, 0.2) is 5.13 Å². The lowest BCUT2D eigenvalue weighted by molar-refractivity contribution is -0.192. The Balaban J connectivity index is 0.000000566. The fraction of sp³-hybridized carbons (Fsp3) is 0.379. The average Bonchev–Trinajstić information content (AvgIpc) is 3.35. The number of alkyl halides is 3. The monoisotopic (exact) mass is 631 g/mol. The van der Waals surface area contributed by atoms with Crippen molar-refractivity contribution >= 4 is 50.3 Å². The Hall–Kier alpha value is -4.37. The number of anilines is 3. The summed E-state index contributed by atoms with van der Waals surface area (Å²) in [5, 5.41) is 27.3. The lowest BCUT2D eigenvalue weighted by atomic mass is 9.93. The van der Waals surface area contributed by atoms with Gasteiger partial charge in [-0.1, -0.05) is 17.4 Å². The van der Waals surface area contributed by atoms with E-state index in [0.29, 0.717) is 22.6 Å². The van der Waals surface area contributed by atoms with Gasteiger partial charge in [-0.15, -0.1) is 0 Å². The summed E-state index contributed by atoms with van der Waals surface area (Å²) >= 11 is 1.44. The predicted molar refractivity (Wildman–Crippen MR) is 161 cm³/mol. The number of carbonyl (C=O) groups excluding carboxylic acids is 1. The van der Waals surface area contributed by atoms with Crippen LogP contribution < -0.4 is 16.0 Å². The van der Waals surface area contributed by atoms with Crippen molar-refractivity contribution in [1.29, 1.82) is 0 Å². The number of aliphatic hydroxyl groups is 1. The maximum atomic E-state index is 12.6. The summed E-state index contributed by atoms with van der Waals surface area (Å²) in [6, 6.07) is 11.7. The molecule has 0 spiro atoms. The minimum atomic E-state index is -5.08. The number of amides is 1. The van der Waals surface area contributed by atoms with E-state index in [1.165, 1.54) is 11.3 Å². The first-order valence-electron chi connectivity index (χ1n) is 13.7. The molecule has 0 aromatic carbocycles. The van der Waals surface area contributed by atoms with Gasteiger partial charge in [0.1, 0.15) is 22.0 Å². The number of rotatable bonds is 6. The van der Waals surface area contributed by atoms with Crippen LogP contribution in [0.1, 0.15) is 56.8 Å². The number of hydrogen-bond donors (Lipinski definition) is 5. The van der Waals surface area contributed by atoms with Crippen LogP contribution in [0.3, 0.4) is 0 Å².